The molecule has 9 nitrogen and oxygen atoms in total. The number of carbonyl (C=O) groups is 2. The van der Waals surface area contributed by atoms with E-state index in [4.69, 9.17) is 19.6 Å². The Bertz CT molecular complexity index is 1800. The highest BCUT2D eigenvalue weighted by Gasteiger charge is 2.34. The number of benzene rings is 2. The molecule has 2 atom stereocenters. The van der Waals surface area contributed by atoms with Gasteiger partial charge in [-0.2, -0.15) is 5.10 Å². The molecule has 2 aliphatic heterocycles. The van der Waals surface area contributed by atoms with Gasteiger partial charge < -0.3 is 14.8 Å². The zero-order valence-electron chi connectivity index (χ0n) is 27.4. The van der Waals surface area contributed by atoms with Gasteiger partial charge in [-0.1, -0.05) is 30.3 Å². The van der Waals surface area contributed by atoms with Gasteiger partial charge in [-0.3, -0.25) is 14.5 Å². The fourth-order valence-electron chi connectivity index (χ4n) is 6.61. The maximum Gasteiger partial charge on any atom is 0.272 e. The normalized spacial score (nSPS) is 17.5. The predicted molar refractivity (Wildman–Crippen MR) is 174 cm³/mol. The van der Waals surface area contributed by atoms with Crippen LogP contribution in [0.5, 0.6) is 5.75 Å². The Morgan fingerprint density at radius 3 is 2.65 bits per heavy atom. The topological polar surface area (TPSA) is 98.1 Å². The lowest BCUT2D eigenvalue weighted by Crippen LogP contribution is -2.37. The summed E-state index contributed by atoms with van der Waals surface area (Å²) in [7, 11) is 0. The van der Waals surface area contributed by atoms with Crippen LogP contribution < -0.4 is 10.1 Å². The molecule has 6 rings (SSSR count). The molecule has 1 saturated heterocycles. The molecule has 242 valence electrons. The molecule has 0 bridgehead atoms. The lowest BCUT2D eigenvalue weighted by atomic mass is 9.90. The summed E-state index contributed by atoms with van der Waals surface area (Å²) in [6.45, 7) is 13.8. The molecule has 46 heavy (non-hydrogen) atoms. The van der Waals surface area contributed by atoms with Crippen molar-refractivity contribution in [2.24, 2.45) is 0 Å². The molecule has 2 unspecified atom stereocenters. The van der Waals surface area contributed by atoms with Crippen LogP contribution in [-0.4, -0.2) is 62.5 Å². The number of fused-ring (bicyclic) bond motifs is 2. The van der Waals surface area contributed by atoms with Crippen molar-refractivity contribution in [1.29, 1.82) is 0 Å². The first-order chi connectivity index (χ1) is 21.9. The first-order valence-corrected chi connectivity index (χ1v) is 16.0. The third-order valence-corrected chi connectivity index (χ3v) is 8.71. The van der Waals surface area contributed by atoms with Crippen LogP contribution in [0.25, 0.3) is 16.9 Å². The van der Waals surface area contributed by atoms with E-state index in [9.17, 15) is 9.59 Å². The summed E-state index contributed by atoms with van der Waals surface area (Å²) in [6.07, 6.45) is 1.28. The summed E-state index contributed by atoms with van der Waals surface area (Å²) < 4.78 is 29.3. The quantitative estimate of drug-likeness (QED) is 0.259. The van der Waals surface area contributed by atoms with Crippen molar-refractivity contribution in [3.05, 3.63) is 81.9 Å². The number of Topliss-reactive ketones (excluding diaryl/α,β-unsaturated/α-hetero) is 1. The summed E-state index contributed by atoms with van der Waals surface area (Å²) in [4.78, 5) is 33.9. The molecule has 0 spiro atoms. The summed E-state index contributed by atoms with van der Waals surface area (Å²) in [6, 6.07) is 13.3. The number of likely N-dealkylation sites (tertiary alicyclic amines) is 1. The second-order valence-corrected chi connectivity index (χ2v) is 13.5. The maximum absolute atomic E-state index is 15.7. The number of halogens is 1. The highest BCUT2D eigenvalue weighted by Crippen LogP contribution is 2.41. The number of aromatic nitrogens is 3. The first-order valence-electron chi connectivity index (χ1n) is 16.0. The Balaban J connectivity index is 1.41. The maximum atomic E-state index is 15.7. The second kappa shape index (κ2) is 12.6. The average Bonchev–Trinajstić information content (AvgIpc) is 3.64. The number of ketones is 1. The molecule has 10 heteroatoms. The first kappa shape index (κ1) is 31.8. The van der Waals surface area contributed by atoms with Crippen LogP contribution in [0.15, 0.2) is 42.5 Å². The van der Waals surface area contributed by atoms with Crippen molar-refractivity contribution in [2.45, 2.75) is 85.1 Å². The third kappa shape index (κ3) is 6.41. The van der Waals surface area contributed by atoms with Crippen LogP contribution >= 0.6 is 0 Å². The smallest absolute Gasteiger partial charge is 0.272 e. The zero-order valence-corrected chi connectivity index (χ0v) is 27.4. The molecule has 4 aromatic rings. The summed E-state index contributed by atoms with van der Waals surface area (Å²) in [5.41, 5.74) is 4.88. The van der Waals surface area contributed by atoms with Gasteiger partial charge in [0.2, 0.25) is 0 Å². The lowest BCUT2D eigenvalue weighted by Gasteiger charge is -2.29. The molecular formula is C36H42FN5O4. The Morgan fingerprint density at radius 2 is 1.93 bits per heavy atom. The van der Waals surface area contributed by atoms with Crippen LogP contribution in [-0.2, 0) is 22.5 Å². The van der Waals surface area contributed by atoms with Gasteiger partial charge in [-0.25, -0.2) is 13.9 Å². The molecule has 0 radical (unpaired) electrons. The number of nitrogens with one attached hydrogen (secondary N) is 1. The number of ether oxygens (including phenoxy) is 2. The fraction of sp³-hybridized carbons (Fsp3) is 0.444. The number of hydrogen-bond acceptors (Lipinski definition) is 7. The van der Waals surface area contributed by atoms with Gasteiger partial charge in [-0.05, 0) is 78.0 Å². The van der Waals surface area contributed by atoms with Gasteiger partial charge in [0, 0.05) is 54.1 Å². The Hall–Kier alpha value is -4.15. The molecule has 1 amide bonds. The van der Waals surface area contributed by atoms with E-state index in [0.717, 1.165) is 43.6 Å². The molecule has 0 saturated carbocycles. The van der Waals surface area contributed by atoms with E-state index < -0.39 is 17.5 Å². The second-order valence-electron chi connectivity index (χ2n) is 13.5. The molecule has 2 aromatic carbocycles. The van der Waals surface area contributed by atoms with E-state index in [1.807, 2.05) is 45.9 Å². The van der Waals surface area contributed by atoms with E-state index in [1.165, 1.54) is 18.6 Å². The Kier molecular flexibility index (Phi) is 8.69. The van der Waals surface area contributed by atoms with Gasteiger partial charge in [0.25, 0.3) is 5.91 Å². The third-order valence-electron chi connectivity index (χ3n) is 8.71. The van der Waals surface area contributed by atoms with E-state index in [-0.39, 0.29) is 29.2 Å². The minimum atomic E-state index is -0.989. The summed E-state index contributed by atoms with van der Waals surface area (Å²) in [5, 5.41) is 7.90. The summed E-state index contributed by atoms with van der Waals surface area (Å²) >= 11 is 0. The predicted octanol–water partition coefficient (Wildman–Crippen LogP) is 5.93. The van der Waals surface area contributed by atoms with Crippen molar-refractivity contribution < 1.29 is 23.5 Å². The van der Waals surface area contributed by atoms with Crippen LogP contribution in [0.3, 0.4) is 0 Å². The van der Waals surface area contributed by atoms with Crippen molar-refractivity contribution in [3.63, 3.8) is 0 Å². The molecule has 2 aliphatic rings. The molecule has 1 N–H and O–H groups in total. The van der Waals surface area contributed by atoms with Crippen LogP contribution in [0, 0.1) is 19.7 Å². The molecular weight excluding hydrogens is 585 g/mol. The van der Waals surface area contributed by atoms with E-state index in [0.29, 0.717) is 41.2 Å². The van der Waals surface area contributed by atoms with Crippen molar-refractivity contribution in [2.75, 3.05) is 19.7 Å². The molecule has 2 aromatic heterocycles. The molecule has 0 aliphatic carbocycles. The average molecular weight is 628 g/mol. The van der Waals surface area contributed by atoms with Crippen LogP contribution in [0.4, 0.5) is 4.39 Å². The largest absolute Gasteiger partial charge is 0.490 e. The van der Waals surface area contributed by atoms with Crippen LogP contribution in [0.1, 0.15) is 85.1 Å². The van der Waals surface area contributed by atoms with Crippen molar-refractivity contribution in [1.82, 2.24) is 24.8 Å². The van der Waals surface area contributed by atoms with E-state index in [1.54, 1.807) is 17.5 Å². The van der Waals surface area contributed by atoms with Gasteiger partial charge in [0.15, 0.2) is 28.7 Å². The standard InChI is InChI=1S/C36H42FN5O4/c1-21-26-13-10-16-45-34(26)28(37)17-27(21)32-31(33(23(3)43)46-36(4,5)6)22(2)38-30-18-29(40-42(30)32)35(44)39-25-14-15-41(20-25)19-24-11-8-7-9-12-24/h7-9,11-12,17-18,25,33H,10,13-16,19-20H2,1-6H3,(H,39,44). The van der Waals surface area contributed by atoms with Gasteiger partial charge in [-0.15, -0.1) is 0 Å². The van der Waals surface area contributed by atoms with E-state index in [2.05, 4.69) is 22.3 Å². The number of hydrogen-bond donors (Lipinski definition) is 1. The van der Waals surface area contributed by atoms with Gasteiger partial charge in [0.05, 0.1) is 17.9 Å². The Morgan fingerprint density at radius 1 is 1.17 bits per heavy atom. The Labute approximate surface area is 269 Å². The SMILES string of the molecule is CC(=O)C(OC(C)(C)C)c1c(C)nc2cc(C(=O)NC3CCN(Cc4ccccc4)C3)nn2c1-c1cc(F)c2c(c1C)CCCO2. The molecule has 4 heterocycles. The van der Waals surface area contributed by atoms with Crippen molar-refractivity contribution in [3.8, 4) is 17.0 Å². The highest BCUT2D eigenvalue weighted by atomic mass is 19.1. The number of rotatable bonds is 8. The van der Waals surface area contributed by atoms with E-state index >= 15 is 4.39 Å². The molecule has 1 fully saturated rings. The summed E-state index contributed by atoms with van der Waals surface area (Å²) in [5.74, 6) is -0.737. The van der Waals surface area contributed by atoms with Crippen LogP contribution in [0.2, 0.25) is 0 Å². The monoisotopic (exact) mass is 627 g/mol. The number of aryl methyl sites for hydroxylation is 1. The highest BCUT2D eigenvalue weighted by molar-refractivity contribution is 5.94. The minimum Gasteiger partial charge on any atom is -0.490 e. The minimum absolute atomic E-state index is 0.0231. The number of amides is 1. The van der Waals surface area contributed by atoms with Gasteiger partial charge >= 0.3 is 0 Å². The number of nitrogens with zero attached hydrogens (tertiary/aromatic N) is 4. The lowest BCUT2D eigenvalue weighted by molar-refractivity contribution is -0.138. The van der Waals surface area contributed by atoms with Gasteiger partial charge in [0.1, 0.15) is 6.10 Å². The fourth-order valence-corrected chi connectivity index (χ4v) is 6.61. The van der Waals surface area contributed by atoms with Crippen molar-refractivity contribution >= 4 is 17.3 Å². The number of carbonyl (C=O) groups excluding carboxylic acids is 2. The zero-order chi connectivity index (χ0) is 32.7.